The molecule has 150 valence electrons. The Hall–Kier alpha value is -3.35. The molecule has 1 aromatic heterocycles. The molecule has 0 atom stereocenters. The Bertz CT molecular complexity index is 944. The number of H-pyrrole nitrogens is 1. The van der Waals surface area contributed by atoms with E-state index in [0.717, 1.165) is 35.4 Å². The van der Waals surface area contributed by atoms with Crippen LogP contribution in [0.4, 0.5) is 10.5 Å². The molecule has 0 bridgehead atoms. The van der Waals surface area contributed by atoms with Crippen LogP contribution in [0.1, 0.15) is 25.1 Å². The predicted octanol–water partition coefficient (Wildman–Crippen LogP) is 3.31. The molecule has 3 aromatic rings. The summed E-state index contributed by atoms with van der Waals surface area (Å²) in [5.74, 6) is 0.853. The topological polar surface area (TPSA) is 90.1 Å². The van der Waals surface area contributed by atoms with Crippen molar-refractivity contribution < 1.29 is 9.59 Å². The van der Waals surface area contributed by atoms with Gasteiger partial charge >= 0.3 is 6.03 Å². The fourth-order valence-corrected chi connectivity index (χ4v) is 3.61. The van der Waals surface area contributed by atoms with E-state index in [1.54, 1.807) is 4.90 Å². The lowest BCUT2D eigenvalue weighted by Gasteiger charge is -2.32. The normalized spacial score (nSPS) is 14.7. The van der Waals surface area contributed by atoms with Gasteiger partial charge in [0.2, 0.25) is 5.91 Å². The van der Waals surface area contributed by atoms with E-state index in [4.69, 9.17) is 0 Å². The van der Waals surface area contributed by atoms with Crippen LogP contribution in [0.5, 0.6) is 0 Å². The van der Waals surface area contributed by atoms with Crippen LogP contribution in [-0.4, -0.2) is 45.9 Å². The van der Waals surface area contributed by atoms with Crippen molar-refractivity contribution in [3.63, 3.8) is 0 Å². The first-order valence-corrected chi connectivity index (χ1v) is 10.0. The quantitative estimate of drug-likeness (QED) is 0.623. The Kier molecular flexibility index (Phi) is 5.74. The van der Waals surface area contributed by atoms with E-state index in [2.05, 4.69) is 20.6 Å². The maximum atomic E-state index is 12.3. The number of hydrogen-bond donors (Lipinski definition) is 3. The highest BCUT2D eigenvalue weighted by Gasteiger charge is 2.23. The van der Waals surface area contributed by atoms with Gasteiger partial charge in [-0.2, -0.15) is 0 Å². The third-order valence-electron chi connectivity index (χ3n) is 5.20. The Morgan fingerprint density at radius 1 is 1.03 bits per heavy atom. The smallest absolute Gasteiger partial charge is 0.321 e. The number of aromatic amines is 1. The first-order valence-electron chi connectivity index (χ1n) is 10.0. The zero-order chi connectivity index (χ0) is 20.1. The standard InChI is InChI=1S/C22H25N5O2/c28-21(11-10-20-25-18-8-4-5-9-19(18)26-20)23-17-12-14-27(15-13-17)22(29)24-16-6-2-1-3-7-16/h1-9,17H,10-15H2,(H,23,28)(H,24,29)(H,25,26). The molecular formula is C22H25N5O2. The third-order valence-corrected chi connectivity index (χ3v) is 5.20. The minimum Gasteiger partial charge on any atom is -0.353 e. The van der Waals surface area contributed by atoms with E-state index in [1.165, 1.54) is 0 Å². The van der Waals surface area contributed by atoms with Crippen molar-refractivity contribution in [2.24, 2.45) is 0 Å². The highest BCUT2D eigenvalue weighted by molar-refractivity contribution is 5.89. The van der Waals surface area contributed by atoms with Crippen molar-refractivity contribution >= 4 is 28.7 Å². The largest absolute Gasteiger partial charge is 0.353 e. The van der Waals surface area contributed by atoms with Crippen molar-refractivity contribution in [3.8, 4) is 0 Å². The second-order valence-electron chi connectivity index (χ2n) is 7.33. The second kappa shape index (κ2) is 8.77. The van der Waals surface area contributed by atoms with Crippen molar-refractivity contribution in [2.45, 2.75) is 31.7 Å². The van der Waals surface area contributed by atoms with Gasteiger partial charge in [0.15, 0.2) is 0 Å². The number of hydrogen-bond acceptors (Lipinski definition) is 3. The molecule has 1 fully saturated rings. The number of urea groups is 1. The number of anilines is 1. The molecule has 0 radical (unpaired) electrons. The van der Waals surface area contributed by atoms with E-state index in [0.29, 0.717) is 25.9 Å². The molecule has 0 saturated carbocycles. The van der Waals surface area contributed by atoms with E-state index < -0.39 is 0 Å². The summed E-state index contributed by atoms with van der Waals surface area (Å²) in [7, 11) is 0. The summed E-state index contributed by atoms with van der Waals surface area (Å²) in [6.07, 6.45) is 2.50. The molecule has 2 heterocycles. The van der Waals surface area contributed by atoms with Crippen LogP contribution in [0, 0.1) is 0 Å². The number of rotatable bonds is 5. The van der Waals surface area contributed by atoms with Gasteiger partial charge in [-0.05, 0) is 37.1 Å². The number of carbonyl (C=O) groups is 2. The van der Waals surface area contributed by atoms with Crippen LogP contribution in [-0.2, 0) is 11.2 Å². The summed E-state index contributed by atoms with van der Waals surface area (Å²) in [6, 6.07) is 17.3. The van der Waals surface area contributed by atoms with Crippen LogP contribution in [0.2, 0.25) is 0 Å². The van der Waals surface area contributed by atoms with Gasteiger partial charge in [0.25, 0.3) is 0 Å². The number of carbonyl (C=O) groups excluding carboxylic acids is 2. The molecule has 7 nitrogen and oxygen atoms in total. The molecule has 29 heavy (non-hydrogen) atoms. The molecule has 1 saturated heterocycles. The number of imidazole rings is 1. The van der Waals surface area contributed by atoms with Crippen molar-refractivity contribution in [3.05, 3.63) is 60.4 Å². The maximum absolute atomic E-state index is 12.3. The molecule has 0 aliphatic carbocycles. The molecule has 7 heteroatoms. The van der Waals surface area contributed by atoms with Crippen LogP contribution >= 0.6 is 0 Å². The number of aromatic nitrogens is 2. The van der Waals surface area contributed by atoms with Gasteiger partial charge < -0.3 is 20.5 Å². The van der Waals surface area contributed by atoms with E-state index in [-0.39, 0.29) is 18.0 Å². The summed E-state index contributed by atoms with van der Waals surface area (Å²) in [6.45, 7) is 1.26. The van der Waals surface area contributed by atoms with Crippen LogP contribution in [0.25, 0.3) is 11.0 Å². The van der Waals surface area contributed by atoms with Gasteiger partial charge in [0.1, 0.15) is 5.82 Å². The molecule has 1 aliphatic heterocycles. The van der Waals surface area contributed by atoms with Gasteiger partial charge in [-0.15, -0.1) is 0 Å². The molecule has 2 aromatic carbocycles. The minimum absolute atomic E-state index is 0.0256. The maximum Gasteiger partial charge on any atom is 0.321 e. The first-order chi connectivity index (χ1) is 14.2. The highest BCUT2D eigenvalue weighted by Crippen LogP contribution is 2.14. The minimum atomic E-state index is -0.0918. The van der Waals surface area contributed by atoms with Gasteiger partial charge in [-0.1, -0.05) is 30.3 Å². The summed E-state index contributed by atoms with van der Waals surface area (Å²) in [5.41, 5.74) is 2.70. The number of aryl methyl sites for hydroxylation is 1. The van der Waals surface area contributed by atoms with E-state index in [1.807, 2.05) is 54.6 Å². The van der Waals surface area contributed by atoms with Gasteiger partial charge in [-0.3, -0.25) is 4.79 Å². The fourth-order valence-electron chi connectivity index (χ4n) is 3.61. The Morgan fingerprint density at radius 3 is 2.52 bits per heavy atom. The van der Waals surface area contributed by atoms with Gasteiger partial charge in [0, 0.05) is 37.7 Å². The van der Waals surface area contributed by atoms with Crippen molar-refractivity contribution in [1.29, 1.82) is 0 Å². The Balaban J connectivity index is 1.20. The number of nitrogens with zero attached hydrogens (tertiary/aromatic N) is 2. The summed E-state index contributed by atoms with van der Waals surface area (Å²) >= 11 is 0. The number of likely N-dealkylation sites (tertiary alicyclic amines) is 1. The SMILES string of the molecule is O=C(CCc1nc2ccccc2[nH]1)NC1CCN(C(=O)Nc2ccccc2)CC1. The van der Waals surface area contributed by atoms with Crippen molar-refractivity contribution in [1.82, 2.24) is 20.2 Å². The lowest BCUT2D eigenvalue weighted by molar-refractivity contribution is -0.122. The number of nitrogens with one attached hydrogen (secondary N) is 3. The molecule has 0 spiro atoms. The molecule has 4 rings (SSSR count). The zero-order valence-corrected chi connectivity index (χ0v) is 16.2. The fraction of sp³-hybridized carbons (Fsp3) is 0.318. The lowest BCUT2D eigenvalue weighted by atomic mass is 10.0. The Morgan fingerprint density at radius 2 is 1.76 bits per heavy atom. The lowest BCUT2D eigenvalue weighted by Crippen LogP contribution is -2.47. The van der Waals surface area contributed by atoms with Crippen molar-refractivity contribution in [2.75, 3.05) is 18.4 Å². The molecule has 3 N–H and O–H groups in total. The summed E-state index contributed by atoms with van der Waals surface area (Å²) < 4.78 is 0. The highest BCUT2D eigenvalue weighted by atomic mass is 16.2. The second-order valence-corrected chi connectivity index (χ2v) is 7.33. The van der Waals surface area contributed by atoms with Crippen LogP contribution in [0.3, 0.4) is 0 Å². The van der Waals surface area contributed by atoms with E-state index >= 15 is 0 Å². The molecule has 1 aliphatic rings. The number of amides is 3. The summed E-state index contributed by atoms with van der Waals surface area (Å²) in [4.78, 5) is 34.2. The van der Waals surface area contributed by atoms with Crippen LogP contribution in [0.15, 0.2) is 54.6 Å². The summed E-state index contributed by atoms with van der Waals surface area (Å²) in [5, 5.41) is 6.00. The Labute approximate surface area is 169 Å². The zero-order valence-electron chi connectivity index (χ0n) is 16.2. The molecular weight excluding hydrogens is 366 g/mol. The van der Waals surface area contributed by atoms with Gasteiger partial charge in [0.05, 0.1) is 11.0 Å². The third kappa shape index (κ3) is 4.93. The predicted molar refractivity (Wildman–Crippen MR) is 113 cm³/mol. The number of benzene rings is 2. The van der Waals surface area contributed by atoms with E-state index in [9.17, 15) is 9.59 Å². The average molecular weight is 391 g/mol. The molecule has 0 unspecified atom stereocenters. The monoisotopic (exact) mass is 391 g/mol. The number of piperidine rings is 1. The first kappa shape index (κ1) is 19.0. The number of fused-ring (bicyclic) bond motifs is 1. The average Bonchev–Trinajstić information content (AvgIpc) is 3.17. The van der Waals surface area contributed by atoms with Gasteiger partial charge in [-0.25, -0.2) is 9.78 Å². The van der Waals surface area contributed by atoms with Crippen LogP contribution < -0.4 is 10.6 Å². The number of para-hydroxylation sites is 3. The molecule has 3 amide bonds.